The van der Waals surface area contributed by atoms with Crippen molar-refractivity contribution in [2.24, 2.45) is 22.4 Å². The highest BCUT2D eigenvalue weighted by Gasteiger charge is 2.15. The van der Waals surface area contributed by atoms with Gasteiger partial charge in [0.25, 0.3) is 0 Å². The number of hydrogen-bond donors (Lipinski definition) is 3. The lowest BCUT2D eigenvalue weighted by atomic mass is 9.97. The van der Waals surface area contributed by atoms with Crippen LogP contribution in [0.5, 0.6) is 0 Å². The Balaban J connectivity index is 2.51. The van der Waals surface area contributed by atoms with Gasteiger partial charge in [-0.3, -0.25) is 4.98 Å². The van der Waals surface area contributed by atoms with E-state index in [9.17, 15) is 0 Å². The molecule has 0 aliphatic carbocycles. The fourth-order valence-corrected chi connectivity index (χ4v) is 2.70. The fourth-order valence-electron chi connectivity index (χ4n) is 2.07. The Morgan fingerprint density at radius 2 is 2.19 bits per heavy atom. The van der Waals surface area contributed by atoms with Gasteiger partial charge in [0.05, 0.1) is 11.9 Å². The molecule has 1 aromatic heterocycles. The normalized spacial score (nSPS) is 15.9. The van der Waals surface area contributed by atoms with Gasteiger partial charge in [0.15, 0.2) is 0 Å². The number of rotatable bonds is 8. The summed E-state index contributed by atoms with van der Waals surface area (Å²) in [6, 6.07) is 2.11. The lowest BCUT2D eigenvalue weighted by Gasteiger charge is -2.21. The van der Waals surface area contributed by atoms with E-state index in [1.54, 1.807) is 18.8 Å². The summed E-state index contributed by atoms with van der Waals surface area (Å²) in [6.07, 6.45) is 6.55. The second-order valence-corrected chi connectivity index (χ2v) is 6.18. The zero-order valence-electron chi connectivity index (χ0n) is 13.3. The Bertz CT molecular complexity index is 463. The van der Waals surface area contributed by atoms with Crippen LogP contribution in [0, 0.1) is 12.8 Å². The SMILES string of the molecule is CN=CC(C)C(N)CC(N)CNc1cnc(C)cc1SC. The molecule has 0 aromatic carbocycles. The van der Waals surface area contributed by atoms with Gasteiger partial charge in [-0.1, -0.05) is 6.92 Å². The third kappa shape index (κ3) is 6.03. The number of nitrogens with one attached hydrogen (secondary N) is 1. The van der Waals surface area contributed by atoms with Crippen LogP contribution in [0.3, 0.4) is 0 Å². The lowest BCUT2D eigenvalue weighted by molar-refractivity contribution is 0.480. The summed E-state index contributed by atoms with van der Waals surface area (Å²) in [4.78, 5) is 9.52. The number of aliphatic imine (C=N–C) groups is 1. The standard InChI is InChI=1S/C15H27N5S/c1-10(7-18-3)13(17)6-12(16)8-20-14-9-19-11(2)5-15(14)21-4/h5,7,9-10,12-13,20H,6,8,16-17H2,1-4H3. The molecule has 0 saturated heterocycles. The van der Waals surface area contributed by atoms with Gasteiger partial charge in [0, 0.05) is 48.4 Å². The van der Waals surface area contributed by atoms with E-state index in [-0.39, 0.29) is 18.0 Å². The van der Waals surface area contributed by atoms with Gasteiger partial charge in [0.1, 0.15) is 0 Å². The van der Waals surface area contributed by atoms with E-state index in [0.717, 1.165) is 17.8 Å². The van der Waals surface area contributed by atoms with Crippen molar-refractivity contribution in [2.45, 2.75) is 37.2 Å². The van der Waals surface area contributed by atoms with Gasteiger partial charge in [0.2, 0.25) is 0 Å². The first-order valence-electron chi connectivity index (χ1n) is 7.15. The van der Waals surface area contributed by atoms with Gasteiger partial charge in [-0.2, -0.15) is 0 Å². The molecule has 3 unspecified atom stereocenters. The number of hydrogen-bond acceptors (Lipinski definition) is 6. The summed E-state index contributed by atoms with van der Waals surface area (Å²) in [5.74, 6) is 0.240. The minimum Gasteiger partial charge on any atom is -0.381 e. The van der Waals surface area contributed by atoms with Gasteiger partial charge in [-0.25, -0.2) is 0 Å². The smallest absolute Gasteiger partial charge is 0.0665 e. The number of anilines is 1. The molecule has 0 aliphatic rings. The molecule has 21 heavy (non-hydrogen) atoms. The van der Waals surface area contributed by atoms with Crippen molar-refractivity contribution in [2.75, 3.05) is 25.2 Å². The summed E-state index contributed by atoms with van der Waals surface area (Å²) in [5.41, 5.74) is 14.3. The van der Waals surface area contributed by atoms with Crippen LogP contribution in [0.4, 0.5) is 5.69 Å². The van der Waals surface area contributed by atoms with E-state index in [1.165, 1.54) is 4.90 Å². The molecule has 0 fully saturated rings. The van der Waals surface area contributed by atoms with Gasteiger partial charge >= 0.3 is 0 Å². The van der Waals surface area contributed by atoms with Crippen molar-refractivity contribution < 1.29 is 0 Å². The highest BCUT2D eigenvalue weighted by molar-refractivity contribution is 7.98. The molecule has 0 amide bonds. The van der Waals surface area contributed by atoms with E-state index in [1.807, 2.05) is 19.3 Å². The molecule has 0 aliphatic heterocycles. The minimum absolute atomic E-state index is 0.00344. The molecule has 0 radical (unpaired) electrons. The van der Waals surface area contributed by atoms with Gasteiger partial charge in [-0.15, -0.1) is 11.8 Å². The number of thioether (sulfide) groups is 1. The predicted octanol–water partition coefficient (Wildman–Crippen LogP) is 1.91. The maximum atomic E-state index is 6.16. The summed E-state index contributed by atoms with van der Waals surface area (Å²) < 4.78 is 0. The van der Waals surface area contributed by atoms with E-state index in [4.69, 9.17) is 11.5 Å². The second-order valence-electron chi connectivity index (χ2n) is 5.33. The van der Waals surface area contributed by atoms with Gasteiger partial charge < -0.3 is 21.8 Å². The van der Waals surface area contributed by atoms with Crippen molar-refractivity contribution >= 4 is 23.7 Å². The number of aromatic nitrogens is 1. The summed E-state index contributed by atoms with van der Waals surface area (Å²) in [6.45, 7) is 4.74. The largest absolute Gasteiger partial charge is 0.381 e. The first-order valence-corrected chi connectivity index (χ1v) is 8.38. The molecule has 118 valence electrons. The third-order valence-electron chi connectivity index (χ3n) is 3.41. The number of nitrogens with two attached hydrogens (primary N) is 2. The average molecular weight is 309 g/mol. The van der Waals surface area contributed by atoms with E-state index in [2.05, 4.69) is 34.5 Å². The van der Waals surface area contributed by atoms with E-state index >= 15 is 0 Å². The highest BCUT2D eigenvalue weighted by Crippen LogP contribution is 2.24. The number of pyridine rings is 1. The lowest BCUT2D eigenvalue weighted by Crippen LogP contribution is -2.39. The zero-order valence-corrected chi connectivity index (χ0v) is 14.2. The number of aryl methyl sites for hydroxylation is 1. The molecular weight excluding hydrogens is 282 g/mol. The molecule has 1 heterocycles. The van der Waals surface area contributed by atoms with Crippen molar-refractivity contribution in [3.63, 3.8) is 0 Å². The maximum Gasteiger partial charge on any atom is 0.0665 e. The van der Waals surface area contributed by atoms with Gasteiger partial charge in [-0.05, 0) is 25.7 Å². The van der Waals surface area contributed by atoms with Crippen LogP contribution in [-0.2, 0) is 0 Å². The van der Waals surface area contributed by atoms with Crippen LogP contribution in [0.1, 0.15) is 19.0 Å². The Morgan fingerprint density at radius 1 is 1.48 bits per heavy atom. The molecule has 1 rings (SSSR count). The molecule has 0 saturated carbocycles. The molecule has 0 spiro atoms. The minimum atomic E-state index is 0.00344. The van der Waals surface area contributed by atoms with E-state index in [0.29, 0.717) is 6.54 Å². The van der Waals surface area contributed by atoms with Crippen LogP contribution in [0.2, 0.25) is 0 Å². The maximum absolute atomic E-state index is 6.16. The Labute approximate surface area is 132 Å². The van der Waals surface area contributed by atoms with Crippen molar-refractivity contribution in [1.82, 2.24) is 4.98 Å². The number of nitrogens with zero attached hydrogens (tertiary/aromatic N) is 2. The second kappa shape index (κ2) is 9.02. The van der Waals surface area contributed by atoms with Crippen LogP contribution >= 0.6 is 11.8 Å². The summed E-state index contributed by atoms with van der Waals surface area (Å²) in [5, 5.41) is 3.37. The topological polar surface area (TPSA) is 89.3 Å². The predicted molar refractivity (Wildman–Crippen MR) is 93.4 cm³/mol. The molecule has 5 N–H and O–H groups in total. The Hall–Kier alpha value is -1.11. The van der Waals surface area contributed by atoms with Crippen molar-refractivity contribution in [3.05, 3.63) is 18.0 Å². The quantitative estimate of drug-likeness (QED) is 0.504. The Morgan fingerprint density at radius 3 is 2.81 bits per heavy atom. The zero-order chi connectivity index (χ0) is 15.8. The fraction of sp³-hybridized carbons (Fsp3) is 0.600. The van der Waals surface area contributed by atoms with Crippen molar-refractivity contribution in [3.8, 4) is 0 Å². The third-order valence-corrected chi connectivity index (χ3v) is 4.19. The van der Waals surface area contributed by atoms with Crippen LogP contribution in [0.25, 0.3) is 0 Å². The average Bonchev–Trinajstić information content (AvgIpc) is 2.45. The highest BCUT2D eigenvalue weighted by atomic mass is 32.2. The molecular formula is C15H27N5S. The molecule has 5 nitrogen and oxygen atoms in total. The summed E-state index contributed by atoms with van der Waals surface area (Å²) >= 11 is 1.70. The monoisotopic (exact) mass is 309 g/mol. The first-order chi connectivity index (χ1) is 9.97. The first kappa shape index (κ1) is 17.9. The van der Waals surface area contributed by atoms with Crippen LogP contribution < -0.4 is 16.8 Å². The molecule has 6 heteroatoms. The molecule has 0 bridgehead atoms. The van der Waals surface area contributed by atoms with Crippen LogP contribution in [-0.4, -0.2) is 43.1 Å². The molecule has 3 atom stereocenters. The molecule has 1 aromatic rings. The van der Waals surface area contributed by atoms with Crippen LogP contribution in [0.15, 0.2) is 22.2 Å². The Kier molecular flexibility index (Phi) is 7.71. The van der Waals surface area contributed by atoms with Crippen molar-refractivity contribution in [1.29, 1.82) is 0 Å². The van der Waals surface area contributed by atoms with E-state index < -0.39 is 0 Å². The summed E-state index contributed by atoms with van der Waals surface area (Å²) in [7, 11) is 1.76.